The zero-order valence-electron chi connectivity index (χ0n) is 16.6. The molecule has 2 N–H and O–H groups in total. The zero-order valence-corrected chi connectivity index (χ0v) is 16.6. The van der Waals surface area contributed by atoms with E-state index in [0.717, 1.165) is 17.4 Å². The van der Waals surface area contributed by atoms with Crippen molar-refractivity contribution < 1.29 is 28.5 Å². The first-order valence-corrected chi connectivity index (χ1v) is 9.18. The number of fused-ring (bicyclic) bond motifs is 1. The van der Waals surface area contributed by atoms with Crippen molar-refractivity contribution in [3.8, 4) is 28.4 Å². The lowest BCUT2D eigenvalue weighted by atomic mass is 9.85. The summed E-state index contributed by atoms with van der Waals surface area (Å²) in [6.45, 7) is 1.90. The third-order valence-corrected chi connectivity index (χ3v) is 4.73. The van der Waals surface area contributed by atoms with E-state index in [4.69, 9.17) is 24.7 Å². The SMILES string of the molecule is CCOC(=O)C1=C(N)Oc2ccc(-c3cc(OC)cc(OC)c3)cc2[C@@H]1CC=O. The van der Waals surface area contributed by atoms with Gasteiger partial charge in [-0.3, -0.25) is 0 Å². The van der Waals surface area contributed by atoms with E-state index >= 15 is 0 Å². The summed E-state index contributed by atoms with van der Waals surface area (Å²) in [6.07, 6.45) is 0.837. The van der Waals surface area contributed by atoms with Gasteiger partial charge in [-0.1, -0.05) is 6.07 Å². The predicted octanol–water partition coefficient (Wildman–Crippen LogP) is 3.17. The molecule has 0 aliphatic carbocycles. The molecule has 0 bridgehead atoms. The second kappa shape index (κ2) is 8.68. The molecule has 0 radical (unpaired) electrons. The van der Waals surface area contributed by atoms with Crippen LogP contribution in [0.15, 0.2) is 47.9 Å². The Labute approximate surface area is 169 Å². The summed E-state index contributed by atoms with van der Waals surface area (Å²) in [5, 5.41) is 0. The van der Waals surface area contributed by atoms with Crippen molar-refractivity contribution in [2.45, 2.75) is 19.3 Å². The first kappa shape index (κ1) is 20.3. The number of hydrogen-bond donors (Lipinski definition) is 1. The van der Waals surface area contributed by atoms with Crippen LogP contribution in [-0.2, 0) is 14.3 Å². The molecule has 1 aliphatic rings. The Kier molecular flexibility index (Phi) is 6.07. The molecule has 0 spiro atoms. The van der Waals surface area contributed by atoms with E-state index in [1.54, 1.807) is 33.3 Å². The van der Waals surface area contributed by atoms with E-state index in [0.29, 0.717) is 22.8 Å². The van der Waals surface area contributed by atoms with Gasteiger partial charge in [0.2, 0.25) is 5.88 Å². The number of aldehydes is 1. The van der Waals surface area contributed by atoms with Crippen molar-refractivity contribution in [1.82, 2.24) is 0 Å². The molecule has 0 aromatic heterocycles. The minimum absolute atomic E-state index is 0.0430. The molecule has 1 atom stereocenters. The van der Waals surface area contributed by atoms with Crippen LogP contribution >= 0.6 is 0 Å². The van der Waals surface area contributed by atoms with E-state index in [1.165, 1.54) is 0 Å². The summed E-state index contributed by atoms with van der Waals surface area (Å²) >= 11 is 0. The lowest BCUT2D eigenvalue weighted by Crippen LogP contribution is -2.27. The smallest absolute Gasteiger partial charge is 0.340 e. The van der Waals surface area contributed by atoms with Crippen molar-refractivity contribution in [1.29, 1.82) is 0 Å². The Morgan fingerprint density at radius 3 is 2.38 bits per heavy atom. The maximum absolute atomic E-state index is 12.4. The first-order valence-electron chi connectivity index (χ1n) is 9.18. The quantitative estimate of drug-likeness (QED) is 0.566. The third kappa shape index (κ3) is 4.03. The van der Waals surface area contributed by atoms with Crippen molar-refractivity contribution >= 4 is 12.3 Å². The van der Waals surface area contributed by atoms with E-state index in [-0.39, 0.29) is 24.5 Å². The minimum atomic E-state index is -0.587. The Balaban J connectivity index is 2.10. The molecule has 1 aliphatic heterocycles. The summed E-state index contributed by atoms with van der Waals surface area (Å²) in [4.78, 5) is 23.8. The highest BCUT2D eigenvalue weighted by molar-refractivity contribution is 5.92. The molecule has 152 valence electrons. The van der Waals surface area contributed by atoms with E-state index in [9.17, 15) is 9.59 Å². The molecule has 0 amide bonds. The molecule has 2 aromatic rings. The van der Waals surface area contributed by atoms with Crippen LogP contribution in [0.3, 0.4) is 0 Å². The fourth-order valence-corrected chi connectivity index (χ4v) is 3.36. The van der Waals surface area contributed by atoms with Gasteiger partial charge in [-0.15, -0.1) is 0 Å². The average Bonchev–Trinajstić information content (AvgIpc) is 2.73. The fourth-order valence-electron chi connectivity index (χ4n) is 3.36. The van der Waals surface area contributed by atoms with Crippen LogP contribution in [0.25, 0.3) is 11.1 Å². The van der Waals surface area contributed by atoms with Gasteiger partial charge in [-0.05, 0) is 42.3 Å². The van der Waals surface area contributed by atoms with Crippen LogP contribution in [-0.4, -0.2) is 33.1 Å². The van der Waals surface area contributed by atoms with Gasteiger partial charge < -0.3 is 29.5 Å². The van der Waals surface area contributed by atoms with Crippen molar-refractivity contribution in [2.24, 2.45) is 5.73 Å². The summed E-state index contributed by atoms with van der Waals surface area (Å²) in [5.41, 5.74) is 8.53. The van der Waals surface area contributed by atoms with Gasteiger partial charge in [-0.2, -0.15) is 0 Å². The van der Waals surface area contributed by atoms with Crippen molar-refractivity contribution in [3.63, 3.8) is 0 Å². The minimum Gasteiger partial charge on any atom is -0.497 e. The molecular weight excluding hydrogens is 374 g/mol. The number of ether oxygens (including phenoxy) is 4. The lowest BCUT2D eigenvalue weighted by Gasteiger charge is -2.27. The Morgan fingerprint density at radius 1 is 1.10 bits per heavy atom. The Hall–Kier alpha value is -3.48. The Morgan fingerprint density at radius 2 is 1.79 bits per heavy atom. The van der Waals surface area contributed by atoms with Gasteiger partial charge in [0.1, 0.15) is 29.1 Å². The highest BCUT2D eigenvalue weighted by atomic mass is 16.5. The molecule has 7 nitrogen and oxygen atoms in total. The standard InChI is InChI=1S/C22H23NO6/c1-4-28-22(25)20-17(7-8-24)18-11-13(5-6-19(18)29-21(20)23)14-9-15(26-2)12-16(10-14)27-3/h5-6,8-12,17H,4,7,23H2,1-3H3/t17-/m0/s1. The zero-order chi connectivity index (χ0) is 21.0. The molecule has 2 aromatic carbocycles. The lowest BCUT2D eigenvalue weighted by molar-refractivity contribution is -0.139. The number of methoxy groups -OCH3 is 2. The molecule has 7 heteroatoms. The van der Waals surface area contributed by atoms with E-state index < -0.39 is 11.9 Å². The summed E-state index contributed by atoms with van der Waals surface area (Å²) < 4.78 is 21.5. The van der Waals surface area contributed by atoms with Crippen LogP contribution in [0.1, 0.15) is 24.8 Å². The van der Waals surface area contributed by atoms with Gasteiger partial charge in [0.05, 0.1) is 20.8 Å². The monoisotopic (exact) mass is 397 g/mol. The van der Waals surface area contributed by atoms with Gasteiger partial charge in [0.15, 0.2) is 0 Å². The molecule has 0 saturated carbocycles. The fraction of sp³-hybridized carbons (Fsp3) is 0.273. The number of carbonyl (C=O) groups excluding carboxylic acids is 2. The first-order chi connectivity index (χ1) is 14.0. The van der Waals surface area contributed by atoms with Crippen LogP contribution < -0.4 is 19.9 Å². The highest BCUT2D eigenvalue weighted by Gasteiger charge is 2.34. The summed E-state index contributed by atoms with van der Waals surface area (Å²) in [5.74, 6) is 0.613. The molecule has 3 rings (SSSR count). The number of hydrogen-bond acceptors (Lipinski definition) is 7. The second-order valence-corrected chi connectivity index (χ2v) is 6.41. The second-order valence-electron chi connectivity index (χ2n) is 6.41. The van der Waals surface area contributed by atoms with Crippen molar-refractivity contribution in [3.05, 3.63) is 53.4 Å². The Bertz CT molecular complexity index is 944. The maximum atomic E-state index is 12.4. The summed E-state index contributed by atoms with van der Waals surface area (Å²) in [6, 6.07) is 11.0. The molecular formula is C22H23NO6. The van der Waals surface area contributed by atoms with Gasteiger partial charge in [0, 0.05) is 24.0 Å². The van der Waals surface area contributed by atoms with E-state index in [2.05, 4.69) is 0 Å². The molecule has 0 fully saturated rings. The van der Waals surface area contributed by atoms with E-state index in [1.807, 2.05) is 24.3 Å². The molecule has 0 saturated heterocycles. The normalized spacial score (nSPS) is 15.2. The van der Waals surface area contributed by atoms with Gasteiger partial charge in [-0.25, -0.2) is 4.79 Å². The van der Waals surface area contributed by atoms with Gasteiger partial charge >= 0.3 is 5.97 Å². The largest absolute Gasteiger partial charge is 0.497 e. The topological polar surface area (TPSA) is 97.1 Å². The number of rotatable bonds is 7. The summed E-state index contributed by atoms with van der Waals surface area (Å²) in [7, 11) is 3.16. The number of carbonyl (C=O) groups is 2. The maximum Gasteiger partial charge on any atom is 0.340 e. The van der Waals surface area contributed by atoms with Crippen LogP contribution in [0.5, 0.6) is 17.2 Å². The number of benzene rings is 2. The van der Waals surface area contributed by atoms with Crippen molar-refractivity contribution in [2.75, 3.05) is 20.8 Å². The van der Waals surface area contributed by atoms with Crippen LogP contribution in [0, 0.1) is 0 Å². The number of esters is 1. The number of nitrogens with two attached hydrogens (primary N) is 1. The van der Waals surface area contributed by atoms with Gasteiger partial charge in [0.25, 0.3) is 0 Å². The molecule has 29 heavy (non-hydrogen) atoms. The van der Waals surface area contributed by atoms with Crippen LogP contribution in [0.4, 0.5) is 0 Å². The average molecular weight is 397 g/mol. The highest BCUT2D eigenvalue weighted by Crippen LogP contribution is 2.42. The van der Waals surface area contributed by atoms with Crippen LogP contribution in [0.2, 0.25) is 0 Å². The third-order valence-electron chi connectivity index (χ3n) is 4.73. The predicted molar refractivity (Wildman–Crippen MR) is 107 cm³/mol. The molecule has 1 heterocycles. The molecule has 0 unspecified atom stereocenters.